The predicted molar refractivity (Wildman–Crippen MR) is 73.1 cm³/mol. The highest BCUT2D eigenvalue weighted by Crippen LogP contribution is 2.67. The molecule has 94 valence electrons. The first-order valence-electron chi connectivity index (χ1n) is 6.29. The van der Waals surface area contributed by atoms with Gasteiger partial charge in [0.15, 0.2) is 5.78 Å². The smallest absolute Gasteiger partial charge is 0.181 e. The van der Waals surface area contributed by atoms with Gasteiger partial charge in [0.25, 0.3) is 0 Å². The highest BCUT2D eigenvalue weighted by molar-refractivity contribution is 8.02. The first kappa shape index (κ1) is 11.2. The van der Waals surface area contributed by atoms with E-state index in [1.54, 1.807) is 23.9 Å². The van der Waals surface area contributed by atoms with Crippen molar-refractivity contribution in [3.05, 3.63) is 65.5 Å². The van der Waals surface area contributed by atoms with Gasteiger partial charge >= 0.3 is 0 Å². The maximum atomic E-state index is 13.0. The van der Waals surface area contributed by atoms with Crippen LogP contribution in [0.5, 0.6) is 0 Å². The number of ketones is 1. The zero-order valence-electron chi connectivity index (χ0n) is 10.1. The molecule has 4 rings (SSSR count). The SMILES string of the molecule is O=C1c2ccccc2S[C@]12C[C@@H]2c1ccc(F)cc1. The molecule has 0 aromatic heterocycles. The first-order valence-corrected chi connectivity index (χ1v) is 7.11. The number of thioether (sulfide) groups is 1. The van der Waals surface area contributed by atoms with Gasteiger partial charge in [0, 0.05) is 16.4 Å². The summed E-state index contributed by atoms with van der Waals surface area (Å²) in [5.74, 6) is 0.229. The largest absolute Gasteiger partial charge is 0.293 e. The van der Waals surface area contributed by atoms with Crippen LogP contribution in [0, 0.1) is 5.82 Å². The summed E-state index contributed by atoms with van der Waals surface area (Å²) in [6, 6.07) is 14.3. The Morgan fingerprint density at radius 2 is 1.84 bits per heavy atom. The fraction of sp³-hybridized carbons (Fsp3) is 0.188. The van der Waals surface area contributed by atoms with Crippen molar-refractivity contribution in [3.8, 4) is 0 Å². The van der Waals surface area contributed by atoms with Crippen LogP contribution in [0.15, 0.2) is 53.4 Å². The molecule has 0 bridgehead atoms. The molecule has 1 spiro atoms. The van der Waals surface area contributed by atoms with Gasteiger partial charge < -0.3 is 0 Å². The number of Topliss-reactive ketones (excluding diaryl/α,β-unsaturated/α-hetero) is 1. The Hall–Kier alpha value is -1.61. The summed E-state index contributed by atoms with van der Waals surface area (Å²) in [5.41, 5.74) is 1.91. The van der Waals surface area contributed by atoms with Crippen molar-refractivity contribution in [2.75, 3.05) is 0 Å². The minimum absolute atomic E-state index is 0.220. The van der Waals surface area contributed by atoms with Crippen molar-refractivity contribution >= 4 is 17.5 Å². The van der Waals surface area contributed by atoms with Crippen LogP contribution in [0.2, 0.25) is 0 Å². The zero-order chi connectivity index (χ0) is 13.0. The van der Waals surface area contributed by atoms with Crippen LogP contribution in [-0.2, 0) is 0 Å². The Morgan fingerprint density at radius 1 is 1.11 bits per heavy atom. The van der Waals surface area contributed by atoms with E-state index in [1.807, 2.05) is 24.3 Å². The summed E-state index contributed by atoms with van der Waals surface area (Å²) in [6.45, 7) is 0. The third kappa shape index (κ3) is 1.51. The molecule has 1 aliphatic heterocycles. The van der Waals surface area contributed by atoms with Gasteiger partial charge in [-0.05, 0) is 30.2 Å². The minimum atomic E-state index is -0.318. The number of rotatable bonds is 1. The number of hydrogen-bond acceptors (Lipinski definition) is 2. The molecule has 2 aromatic carbocycles. The third-order valence-corrected chi connectivity index (χ3v) is 5.57. The van der Waals surface area contributed by atoms with Gasteiger partial charge in [0.2, 0.25) is 0 Å². The van der Waals surface area contributed by atoms with E-state index in [1.165, 1.54) is 12.1 Å². The van der Waals surface area contributed by atoms with Crippen molar-refractivity contribution in [3.63, 3.8) is 0 Å². The van der Waals surface area contributed by atoms with E-state index >= 15 is 0 Å². The van der Waals surface area contributed by atoms with Gasteiger partial charge in [-0.1, -0.05) is 30.3 Å². The summed E-state index contributed by atoms with van der Waals surface area (Å²) in [4.78, 5) is 13.6. The lowest BCUT2D eigenvalue weighted by Gasteiger charge is -2.06. The lowest BCUT2D eigenvalue weighted by molar-refractivity contribution is 0.0981. The van der Waals surface area contributed by atoms with Gasteiger partial charge in [0.1, 0.15) is 5.82 Å². The third-order valence-electron chi connectivity index (χ3n) is 3.99. The lowest BCUT2D eigenvalue weighted by Crippen LogP contribution is -2.15. The second-order valence-corrected chi connectivity index (χ2v) is 6.50. The van der Waals surface area contributed by atoms with Crippen LogP contribution in [0.4, 0.5) is 4.39 Å². The summed E-state index contributed by atoms with van der Waals surface area (Å²) >= 11 is 1.68. The van der Waals surface area contributed by atoms with Crippen molar-refractivity contribution in [2.24, 2.45) is 0 Å². The molecule has 2 aliphatic rings. The van der Waals surface area contributed by atoms with Crippen LogP contribution in [0.1, 0.15) is 28.3 Å². The number of benzene rings is 2. The number of carbonyl (C=O) groups is 1. The molecule has 1 fully saturated rings. The Morgan fingerprint density at radius 3 is 2.58 bits per heavy atom. The van der Waals surface area contributed by atoms with Gasteiger partial charge in [-0.3, -0.25) is 4.79 Å². The molecule has 2 aromatic rings. The first-order chi connectivity index (χ1) is 9.21. The van der Waals surface area contributed by atoms with Crippen LogP contribution in [0.25, 0.3) is 0 Å². The summed E-state index contributed by atoms with van der Waals surface area (Å²) < 4.78 is 12.6. The Labute approximate surface area is 114 Å². The van der Waals surface area contributed by atoms with E-state index in [4.69, 9.17) is 0 Å². The number of fused-ring (bicyclic) bond motifs is 1. The van der Waals surface area contributed by atoms with Crippen LogP contribution in [0.3, 0.4) is 0 Å². The number of hydrogen-bond donors (Lipinski definition) is 0. The molecule has 0 amide bonds. The predicted octanol–water partition coefficient (Wildman–Crippen LogP) is 4.04. The Kier molecular flexibility index (Phi) is 2.19. The summed E-state index contributed by atoms with van der Waals surface area (Å²) in [7, 11) is 0. The van der Waals surface area contributed by atoms with Gasteiger partial charge in [-0.15, -0.1) is 11.8 Å². The van der Waals surface area contributed by atoms with Gasteiger partial charge in [-0.2, -0.15) is 0 Å². The molecule has 1 saturated carbocycles. The molecule has 2 atom stereocenters. The Balaban J connectivity index is 1.70. The van der Waals surface area contributed by atoms with E-state index in [2.05, 4.69) is 0 Å². The van der Waals surface area contributed by atoms with E-state index in [9.17, 15) is 9.18 Å². The number of carbonyl (C=O) groups excluding carboxylic acids is 1. The highest BCUT2D eigenvalue weighted by atomic mass is 32.2. The van der Waals surface area contributed by atoms with Crippen LogP contribution >= 0.6 is 11.8 Å². The van der Waals surface area contributed by atoms with Crippen molar-refractivity contribution in [1.29, 1.82) is 0 Å². The van der Waals surface area contributed by atoms with Crippen molar-refractivity contribution < 1.29 is 9.18 Å². The standard InChI is InChI=1S/C16H11FOS/c17-11-7-5-10(6-8-11)13-9-16(13)15(18)12-3-1-2-4-14(12)19-16/h1-8,13H,9H2/t13-,16+/m1/s1. The molecule has 1 heterocycles. The molecule has 3 heteroatoms. The molecule has 0 N–H and O–H groups in total. The van der Waals surface area contributed by atoms with Crippen LogP contribution in [-0.4, -0.2) is 10.5 Å². The lowest BCUT2D eigenvalue weighted by atomic mass is 10.0. The van der Waals surface area contributed by atoms with Gasteiger partial charge in [0.05, 0.1) is 4.75 Å². The highest BCUT2D eigenvalue weighted by Gasteiger charge is 2.64. The average molecular weight is 270 g/mol. The molecule has 0 saturated heterocycles. The maximum absolute atomic E-state index is 13.0. The fourth-order valence-corrected chi connectivity index (χ4v) is 4.44. The van der Waals surface area contributed by atoms with Crippen molar-refractivity contribution in [1.82, 2.24) is 0 Å². The molecule has 1 aliphatic carbocycles. The van der Waals surface area contributed by atoms with Crippen LogP contribution < -0.4 is 0 Å². The van der Waals surface area contributed by atoms with E-state index in [-0.39, 0.29) is 22.3 Å². The van der Waals surface area contributed by atoms with Crippen molar-refractivity contribution in [2.45, 2.75) is 22.0 Å². The van der Waals surface area contributed by atoms with E-state index in [0.717, 1.165) is 22.4 Å². The monoisotopic (exact) mass is 270 g/mol. The maximum Gasteiger partial charge on any atom is 0.181 e. The van der Waals surface area contributed by atoms with Gasteiger partial charge in [-0.25, -0.2) is 4.39 Å². The topological polar surface area (TPSA) is 17.1 Å². The Bertz CT molecular complexity index is 679. The van der Waals surface area contributed by atoms with E-state index in [0.29, 0.717) is 0 Å². The summed E-state index contributed by atoms with van der Waals surface area (Å²) in [6.07, 6.45) is 0.858. The quantitative estimate of drug-likeness (QED) is 0.778. The molecule has 19 heavy (non-hydrogen) atoms. The molecule has 0 radical (unpaired) electrons. The molecular formula is C16H11FOS. The fourth-order valence-electron chi connectivity index (χ4n) is 2.90. The summed E-state index contributed by atoms with van der Waals surface area (Å²) in [5, 5.41) is 0. The molecule has 0 unspecified atom stereocenters. The normalized spacial score (nSPS) is 27.6. The number of halogens is 1. The second kappa shape index (κ2) is 3.70. The molecular weight excluding hydrogens is 259 g/mol. The second-order valence-electron chi connectivity index (χ2n) is 5.13. The van der Waals surface area contributed by atoms with E-state index < -0.39 is 0 Å². The zero-order valence-corrected chi connectivity index (χ0v) is 10.9. The average Bonchev–Trinajstić information content (AvgIpc) is 3.07. The molecule has 1 nitrogen and oxygen atoms in total. The minimum Gasteiger partial charge on any atom is -0.293 e.